The van der Waals surface area contributed by atoms with Gasteiger partial charge in [-0.15, -0.1) is 11.3 Å². The maximum Gasteiger partial charge on any atom is 0.305 e. The number of carboxylic acid groups (broad SMARTS) is 1. The summed E-state index contributed by atoms with van der Waals surface area (Å²) in [7, 11) is 3.02. The van der Waals surface area contributed by atoms with E-state index in [0.29, 0.717) is 21.9 Å². The summed E-state index contributed by atoms with van der Waals surface area (Å²) in [6, 6.07) is 4.35. The summed E-state index contributed by atoms with van der Waals surface area (Å²) in [6.07, 6.45) is 1.26. The number of nitrogens with zero attached hydrogens (tertiary/aromatic N) is 1. The highest BCUT2D eigenvalue weighted by Crippen LogP contribution is 2.31. The minimum Gasteiger partial charge on any atom is -0.493 e. The van der Waals surface area contributed by atoms with Crippen LogP contribution in [-0.2, 0) is 4.79 Å². The van der Waals surface area contributed by atoms with Crippen molar-refractivity contribution in [2.75, 3.05) is 14.2 Å². The van der Waals surface area contributed by atoms with Crippen molar-refractivity contribution in [2.24, 2.45) is 0 Å². The molecular formula is C18H22N2O5S. The molecule has 140 valence electrons. The minimum absolute atomic E-state index is 0.224. The number of methoxy groups -OCH3 is 2. The zero-order valence-corrected chi connectivity index (χ0v) is 15.9. The van der Waals surface area contributed by atoms with Crippen LogP contribution in [0.15, 0.2) is 24.4 Å². The van der Waals surface area contributed by atoms with Crippen molar-refractivity contribution in [1.29, 1.82) is 0 Å². The van der Waals surface area contributed by atoms with Crippen LogP contribution in [-0.4, -0.2) is 36.2 Å². The van der Waals surface area contributed by atoms with Gasteiger partial charge in [-0.25, -0.2) is 4.98 Å². The Labute approximate surface area is 156 Å². The lowest BCUT2D eigenvalue weighted by Crippen LogP contribution is -2.29. The first-order valence-electron chi connectivity index (χ1n) is 8.06. The predicted octanol–water partition coefficient (Wildman–Crippen LogP) is 3.23. The molecule has 0 saturated carbocycles. The number of carboxylic acids is 1. The molecule has 1 aromatic carbocycles. The van der Waals surface area contributed by atoms with E-state index < -0.39 is 12.0 Å². The van der Waals surface area contributed by atoms with Crippen molar-refractivity contribution in [3.63, 3.8) is 0 Å². The molecule has 1 amide bonds. The topological polar surface area (TPSA) is 97.8 Å². The quantitative estimate of drug-likeness (QED) is 0.732. The van der Waals surface area contributed by atoms with E-state index in [2.05, 4.69) is 10.3 Å². The van der Waals surface area contributed by atoms with Gasteiger partial charge in [0.15, 0.2) is 11.5 Å². The molecule has 7 nitrogen and oxygen atoms in total. The molecule has 2 rings (SSSR count). The Kier molecular flexibility index (Phi) is 6.57. The number of nitrogens with one attached hydrogen (secondary N) is 1. The number of amides is 1. The summed E-state index contributed by atoms with van der Waals surface area (Å²) in [6.45, 7) is 3.99. The van der Waals surface area contributed by atoms with Crippen LogP contribution >= 0.6 is 11.3 Å². The number of benzene rings is 1. The molecule has 0 aliphatic heterocycles. The first-order valence-corrected chi connectivity index (χ1v) is 8.87. The molecule has 1 atom stereocenters. The van der Waals surface area contributed by atoms with Gasteiger partial charge < -0.3 is 19.9 Å². The minimum atomic E-state index is -1.02. The van der Waals surface area contributed by atoms with Gasteiger partial charge in [-0.1, -0.05) is 19.9 Å². The normalized spacial score (nSPS) is 11.9. The SMILES string of the molecule is COc1ccc(C(CC(=O)O)NC(=O)c2cnc(C(C)C)s2)cc1OC. The van der Waals surface area contributed by atoms with E-state index in [4.69, 9.17) is 9.47 Å². The van der Waals surface area contributed by atoms with Gasteiger partial charge in [-0.2, -0.15) is 0 Å². The van der Waals surface area contributed by atoms with Crippen LogP contribution in [0, 0.1) is 0 Å². The van der Waals surface area contributed by atoms with Crippen LogP contribution < -0.4 is 14.8 Å². The molecule has 0 bridgehead atoms. The fraction of sp³-hybridized carbons (Fsp3) is 0.389. The van der Waals surface area contributed by atoms with Crippen LogP contribution in [0.3, 0.4) is 0 Å². The Bertz CT molecular complexity index is 788. The lowest BCUT2D eigenvalue weighted by Gasteiger charge is -2.18. The maximum atomic E-state index is 12.5. The molecule has 1 unspecified atom stereocenters. The maximum absolute atomic E-state index is 12.5. The number of hydrogen-bond acceptors (Lipinski definition) is 6. The van der Waals surface area contributed by atoms with Crippen molar-refractivity contribution in [3.05, 3.63) is 39.8 Å². The molecule has 26 heavy (non-hydrogen) atoms. The average molecular weight is 378 g/mol. The van der Waals surface area contributed by atoms with E-state index in [1.165, 1.54) is 31.8 Å². The number of carbonyl (C=O) groups excluding carboxylic acids is 1. The lowest BCUT2D eigenvalue weighted by molar-refractivity contribution is -0.137. The van der Waals surface area contributed by atoms with Crippen LogP contribution in [0.2, 0.25) is 0 Å². The third-order valence-corrected chi connectivity index (χ3v) is 5.03. The standard InChI is InChI=1S/C18H22N2O5S/c1-10(2)18-19-9-15(26-18)17(23)20-12(8-16(21)22)11-5-6-13(24-3)14(7-11)25-4/h5-7,9-10,12H,8H2,1-4H3,(H,20,23)(H,21,22). The van der Waals surface area contributed by atoms with Gasteiger partial charge >= 0.3 is 5.97 Å². The molecule has 0 saturated heterocycles. The van der Waals surface area contributed by atoms with Crippen LogP contribution in [0.5, 0.6) is 11.5 Å². The van der Waals surface area contributed by atoms with E-state index in [1.807, 2.05) is 13.8 Å². The van der Waals surface area contributed by atoms with Crippen molar-refractivity contribution in [1.82, 2.24) is 10.3 Å². The number of thiazole rings is 1. The lowest BCUT2D eigenvalue weighted by atomic mass is 10.0. The highest BCUT2D eigenvalue weighted by atomic mass is 32.1. The smallest absolute Gasteiger partial charge is 0.305 e. The number of aliphatic carboxylic acids is 1. The summed E-state index contributed by atoms with van der Waals surface area (Å²) in [5.41, 5.74) is 0.618. The summed E-state index contributed by atoms with van der Waals surface area (Å²) >= 11 is 1.30. The van der Waals surface area contributed by atoms with Crippen molar-refractivity contribution in [3.8, 4) is 11.5 Å². The molecular weight excluding hydrogens is 356 g/mol. The third kappa shape index (κ3) is 4.72. The van der Waals surface area contributed by atoms with Crippen molar-refractivity contribution >= 4 is 23.2 Å². The molecule has 8 heteroatoms. The molecule has 0 fully saturated rings. The second-order valence-corrected chi connectivity index (χ2v) is 7.02. The Morgan fingerprint density at radius 3 is 2.46 bits per heavy atom. The molecule has 0 aliphatic carbocycles. The molecule has 0 radical (unpaired) electrons. The zero-order valence-electron chi connectivity index (χ0n) is 15.1. The fourth-order valence-corrected chi connectivity index (χ4v) is 3.21. The van der Waals surface area contributed by atoms with Crippen LogP contribution in [0.25, 0.3) is 0 Å². The Hall–Kier alpha value is -2.61. The van der Waals surface area contributed by atoms with E-state index in [0.717, 1.165) is 5.01 Å². The largest absolute Gasteiger partial charge is 0.493 e. The molecule has 0 aliphatic rings. The Morgan fingerprint density at radius 1 is 1.23 bits per heavy atom. The van der Waals surface area contributed by atoms with Gasteiger partial charge in [0, 0.05) is 5.92 Å². The van der Waals surface area contributed by atoms with E-state index in [-0.39, 0.29) is 18.2 Å². The first kappa shape index (κ1) is 19.7. The number of hydrogen-bond donors (Lipinski definition) is 2. The zero-order chi connectivity index (χ0) is 19.3. The van der Waals surface area contributed by atoms with Crippen molar-refractivity contribution < 1.29 is 24.2 Å². The predicted molar refractivity (Wildman–Crippen MR) is 98.2 cm³/mol. The second-order valence-electron chi connectivity index (χ2n) is 5.96. The second kappa shape index (κ2) is 8.66. The molecule has 1 heterocycles. The van der Waals surface area contributed by atoms with Crippen LogP contribution in [0.4, 0.5) is 0 Å². The Morgan fingerprint density at radius 2 is 1.92 bits per heavy atom. The third-order valence-electron chi connectivity index (χ3n) is 3.74. The van der Waals surface area contributed by atoms with Crippen LogP contribution in [0.1, 0.15) is 52.5 Å². The highest BCUT2D eigenvalue weighted by molar-refractivity contribution is 7.13. The summed E-state index contributed by atoms with van der Waals surface area (Å²) in [5, 5.41) is 12.8. The van der Waals surface area contributed by atoms with Gasteiger partial charge in [-0.3, -0.25) is 9.59 Å². The van der Waals surface area contributed by atoms with Gasteiger partial charge in [-0.05, 0) is 17.7 Å². The molecule has 1 aromatic heterocycles. The highest BCUT2D eigenvalue weighted by Gasteiger charge is 2.22. The molecule has 0 spiro atoms. The number of aromatic nitrogens is 1. The van der Waals surface area contributed by atoms with E-state index in [1.54, 1.807) is 18.2 Å². The number of ether oxygens (including phenoxy) is 2. The van der Waals surface area contributed by atoms with Gasteiger partial charge in [0.2, 0.25) is 0 Å². The number of rotatable bonds is 8. The molecule has 2 aromatic rings. The fourth-order valence-electron chi connectivity index (χ4n) is 2.39. The van der Waals surface area contributed by atoms with Gasteiger partial charge in [0.25, 0.3) is 5.91 Å². The van der Waals surface area contributed by atoms with E-state index in [9.17, 15) is 14.7 Å². The monoisotopic (exact) mass is 378 g/mol. The summed E-state index contributed by atoms with van der Waals surface area (Å²) < 4.78 is 10.5. The number of carbonyl (C=O) groups is 2. The van der Waals surface area contributed by atoms with Gasteiger partial charge in [0.1, 0.15) is 4.88 Å². The van der Waals surface area contributed by atoms with Gasteiger partial charge in [0.05, 0.1) is 37.9 Å². The molecule has 2 N–H and O–H groups in total. The van der Waals surface area contributed by atoms with E-state index >= 15 is 0 Å². The summed E-state index contributed by atoms with van der Waals surface area (Å²) in [5.74, 6) is -0.148. The average Bonchev–Trinajstić information content (AvgIpc) is 3.10. The first-order chi connectivity index (χ1) is 12.3. The summed E-state index contributed by atoms with van der Waals surface area (Å²) in [4.78, 5) is 28.5. The van der Waals surface area contributed by atoms with Crippen molar-refractivity contribution in [2.45, 2.75) is 32.2 Å². The Balaban J connectivity index is 2.26.